The van der Waals surface area contributed by atoms with Gasteiger partial charge in [0.2, 0.25) is 0 Å². The second kappa shape index (κ2) is 9.45. The number of aromatic hydroxyl groups is 2. The van der Waals surface area contributed by atoms with Crippen LogP contribution in [0.2, 0.25) is 0 Å². The van der Waals surface area contributed by atoms with Gasteiger partial charge in [0.05, 0.1) is 0 Å². The Morgan fingerprint density at radius 2 is 0.767 bits per heavy atom. The minimum atomic E-state index is 0.0175. The van der Waals surface area contributed by atoms with E-state index < -0.39 is 0 Å². The molecule has 0 aliphatic heterocycles. The molecule has 2 nitrogen and oxygen atoms in total. The van der Waals surface area contributed by atoms with E-state index in [0.717, 1.165) is 24.0 Å². The van der Waals surface area contributed by atoms with Crippen LogP contribution >= 0.6 is 0 Å². The van der Waals surface area contributed by atoms with E-state index in [0.29, 0.717) is 11.5 Å². The first-order chi connectivity index (χ1) is 13.4. The van der Waals surface area contributed by atoms with Crippen molar-refractivity contribution in [2.45, 2.75) is 92.9 Å². The van der Waals surface area contributed by atoms with Crippen LogP contribution in [0.15, 0.2) is 48.5 Å². The number of hydrogen-bond donors (Lipinski definition) is 2. The topological polar surface area (TPSA) is 40.5 Å². The Bertz CT molecular complexity index is 732. The molecule has 2 aromatic rings. The van der Waals surface area contributed by atoms with E-state index in [4.69, 9.17) is 0 Å². The molecule has 0 amide bonds. The molecule has 0 aromatic heterocycles. The van der Waals surface area contributed by atoms with Gasteiger partial charge in [0.25, 0.3) is 0 Å². The Morgan fingerprint density at radius 1 is 0.500 bits per heavy atom. The van der Waals surface area contributed by atoms with Crippen molar-refractivity contribution in [3.05, 3.63) is 59.7 Å². The molecule has 2 rings (SSSR count). The maximum absolute atomic E-state index is 9.84. The van der Waals surface area contributed by atoms with Gasteiger partial charge in [-0.3, -0.25) is 0 Å². The van der Waals surface area contributed by atoms with Gasteiger partial charge < -0.3 is 10.2 Å². The van der Waals surface area contributed by atoms with E-state index in [1.807, 2.05) is 36.4 Å². The van der Waals surface area contributed by atoms with Crippen molar-refractivity contribution in [3.8, 4) is 11.5 Å². The van der Waals surface area contributed by atoms with Crippen molar-refractivity contribution in [2.24, 2.45) is 10.8 Å². The highest BCUT2D eigenvalue weighted by Gasteiger charge is 2.30. The summed E-state index contributed by atoms with van der Waals surface area (Å²) < 4.78 is 0. The number of phenolic OH excluding ortho intramolecular Hbond substituents is 2. The average molecular weight is 413 g/mol. The zero-order chi connectivity index (χ0) is 23.4. The molecule has 2 N–H and O–H groups in total. The molecular weight excluding hydrogens is 368 g/mol. The van der Waals surface area contributed by atoms with Gasteiger partial charge in [-0.2, -0.15) is 0 Å². The Balaban J connectivity index is 0.000000300. The van der Waals surface area contributed by atoms with Crippen LogP contribution in [-0.2, 0) is 10.8 Å². The maximum Gasteiger partial charge on any atom is 0.119 e. The van der Waals surface area contributed by atoms with Gasteiger partial charge in [-0.1, -0.05) is 106 Å². The van der Waals surface area contributed by atoms with E-state index in [9.17, 15) is 10.2 Å². The SMILES string of the molecule is CC(C)(C)CC(C)(C)c1ccccc1O.CC(C)(C)CC(C)(C)c1ccccc1O. The lowest BCUT2D eigenvalue weighted by Gasteiger charge is -2.33. The summed E-state index contributed by atoms with van der Waals surface area (Å²) in [5.74, 6) is 0.818. The fraction of sp³-hybridized carbons (Fsp3) is 0.571. The highest BCUT2D eigenvalue weighted by atomic mass is 16.3. The smallest absolute Gasteiger partial charge is 0.119 e. The second-order valence-electron chi connectivity index (χ2n) is 12.3. The van der Waals surface area contributed by atoms with E-state index in [1.165, 1.54) is 0 Å². The van der Waals surface area contributed by atoms with Gasteiger partial charge in [0.15, 0.2) is 0 Å². The first-order valence-electron chi connectivity index (χ1n) is 11.0. The molecule has 0 bridgehead atoms. The third-order valence-electron chi connectivity index (χ3n) is 5.21. The Labute approximate surface area is 185 Å². The molecule has 0 aliphatic rings. The first-order valence-corrected chi connectivity index (χ1v) is 11.0. The molecule has 168 valence electrons. The number of rotatable bonds is 4. The molecule has 0 heterocycles. The molecular formula is C28H44O2. The predicted octanol–water partition coefficient (Wildman–Crippen LogP) is 8.21. The van der Waals surface area contributed by atoms with Crippen molar-refractivity contribution in [1.82, 2.24) is 0 Å². The van der Waals surface area contributed by atoms with Gasteiger partial charge in [0.1, 0.15) is 11.5 Å². The number of hydrogen-bond acceptors (Lipinski definition) is 2. The van der Waals surface area contributed by atoms with Crippen LogP contribution in [0.1, 0.15) is 93.2 Å². The Morgan fingerprint density at radius 3 is 1.00 bits per heavy atom. The van der Waals surface area contributed by atoms with Crippen molar-refractivity contribution in [3.63, 3.8) is 0 Å². The zero-order valence-electron chi connectivity index (χ0n) is 20.9. The van der Waals surface area contributed by atoms with Gasteiger partial charge in [-0.25, -0.2) is 0 Å². The zero-order valence-corrected chi connectivity index (χ0v) is 20.9. The summed E-state index contributed by atoms with van der Waals surface area (Å²) in [7, 11) is 0. The molecule has 0 unspecified atom stereocenters. The molecule has 2 heteroatoms. The monoisotopic (exact) mass is 412 g/mol. The second-order valence-corrected chi connectivity index (χ2v) is 12.3. The minimum Gasteiger partial charge on any atom is -0.508 e. The molecule has 0 spiro atoms. The summed E-state index contributed by atoms with van der Waals surface area (Å²) in [6, 6.07) is 15.3. The standard InChI is InChI=1S/2C14H22O/c2*1-13(2,3)10-14(4,5)11-8-6-7-9-12(11)15/h2*6-9,15H,10H2,1-5H3. The summed E-state index contributed by atoms with van der Waals surface area (Å²) in [6.45, 7) is 22.1. The summed E-state index contributed by atoms with van der Waals surface area (Å²) in [5.41, 5.74) is 2.66. The van der Waals surface area contributed by atoms with Gasteiger partial charge in [-0.15, -0.1) is 0 Å². The van der Waals surface area contributed by atoms with Crippen LogP contribution in [0.5, 0.6) is 11.5 Å². The molecule has 0 radical (unpaired) electrons. The van der Waals surface area contributed by atoms with Crippen LogP contribution < -0.4 is 0 Å². The lowest BCUT2D eigenvalue weighted by atomic mass is 9.72. The highest BCUT2D eigenvalue weighted by Crippen LogP contribution is 2.40. The number of benzene rings is 2. The maximum atomic E-state index is 9.84. The van der Waals surface area contributed by atoms with Crippen LogP contribution in [0.25, 0.3) is 0 Å². The predicted molar refractivity (Wildman–Crippen MR) is 130 cm³/mol. The summed E-state index contributed by atoms with van der Waals surface area (Å²) >= 11 is 0. The van der Waals surface area contributed by atoms with Crippen molar-refractivity contribution in [1.29, 1.82) is 0 Å². The normalized spacial score (nSPS) is 12.9. The minimum absolute atomic E-state index is 0.0175. The largest absolute Gasteiger partial charge is 0.508 e. The van der Waals surface area contributed by atoms with Gasteiger partial charge in [0, 0.05) is 0 Å². The fourth-order valence-electron chi connectivity index (χ4n) is 4.93. The van der Waals surface area contributed by atoms with Crippen LogP contribution in [-0.4, -0.2) is 10.2 Å². The van der Waals surface area contributed by atoms with Crippen LogP contribution in [0.3, 0.4) is 0 Å². The van der Waals surface area contributed by atoms with Crippen LogP contribution in [0.4, 0.5) is 0 Å². The molecule has 0 aliphatic carbocycles. The molecule has 30 heavy (non-hydrogen) atoms. The van der Waals surface area contributed by atoms with E-state index >= 15 is 0 Å². The third kappa shape index (κ3) is 8.42. The van der Waals surface area contributed by atoms with E-state index in [1.54, 1.807) is 12.1 Å². The fourth-order valence-corrected chi connectivity index (χ4v) is 4.93. The van der Waals surface area contributed by atoms with Crippen molar-refractivity contribution in [2.75, 3.05) is 0 Å². The van der Waals surface area contributed by atoms with Gasteiger partial charge in [-0.05, 0) is 57.8 Å². The number of phenols is 2. The first kappa shape index (κ1) is 26.1. The Kier molecular flexibility index (Phi) is 8.22. The van der Waals surface area contributed by atoms with E-state index in [2.05, 4.69) is 69.2 Å². The van der Waals surface area contributed by atoms with E-state index in [-0.39, 0.29) is 21.7 Å². The number of para-hydroxylation sites is 2. The molecule has 0 saturated heterocycles. The lowest BCUT2D eigenvalue weighted by Crippen LogP contribution is -2.24. The summed E-state index contributed by atoms with van der Waals surface area (Å²) in [6.07, 6.45) is 2.11. The molecule has 2 aromatic carbocycles. The van der Waals surface area contributed by atoms with Gasteiger partial charge >= 0.3 is 0 Å². The van der Waals surface area contributed by atoms with Crippen LogP contribution in [0, 0.1) is 10.8 Å². The average Bonchev–Trinajstić information content (AvgIpc) is 2.51. The summed E-state index contributed by atoms with van der Waals surface area (Å²) in [4.78, 5) is 0. The third-order valence-corrected chi connectivity index (χ3v) is 5.21. The molecule has 0 fully saturated rings. The quantitative estimate of drug-likeness (QED) is 0.531. The summed E-state index contributed by atoms with van der Waals surface area (Å²) in [5, 5.41) is 19.7. The lowest BCUT2D eigenvalue weighted by molar-refractivity contribution is 0.278. The van der Waals surface area contributed by atoms with Crippen molar-refractivity contribution < 1.29 is 10.2 Å². The van der Waals surface area contributed by atoms with Crippen molar-refractivity contribution >= 4 is 0 Å². The highest BCUT2D eigenvalue weighted by molar-refractivity contribution is 5.38. The molecule has 0 atom stereocenters. The Hall–Kier alpha value is -1.96. The molecule has 0 saturated carbocycles.